The van der Waals surface area contributed by atoms with Crippen molar-refractivity contribution in [2.75, 3.05) is 11.1 Å². The SMILES string of the molecule is CCc1cc(=O)[nH]c2nnc(SCC(=O)Nc3ccc(Br)cc3)n12. The van der Waals surface area contributed by atoms with Gasteiger partial charge in [-0.15, -0.1) is 10.2 Å². The standard InChI is InChI=1S/C15H14BrN5O2S/c1-2-11-7-12(22)18-14-19-20-15(21(11)14)24-8-13(23)17-10-5-3-9(16)4-6-10/h3-7H,2,8H2,1H3,(H,17,23)(H,18,19,22). The number of anilines is 1. The van der Waals surface area contributed by atoms with Crippen LogP contribution in [0.3, 0.4) is 0 Å². The number of hydrogen-bond acceptors (Lipinski definition) is 5. The van der Waals surface area contributed by atoms with Crippen molar-refractivity contribution in [3.63, 3.8) is 0 Å². The second-order valence-electron chi connectivity index (χ2n) is 4.96. The van der Waals surface area contributed by atoms with Crippen molar-refractivity contribution < 1.29 is 4.79 Å². The molecular weight excluding hydrogens is 394 g/mol. The Kier molecular flexibility index (Phi) is 5.00. The van der Waals surface area contributed by atoms with Crippen LogP contribution >= 0.6 is 27.7 Å². The van der Waals surface area contributed by atoms with Crippen molar-refractivity contribution >= 4 is 45.1 Å². The average molecular weight is 408 g/mol. The molecule has 1 aromatic carbocycles. The third kappa shape index (κ3) is 3.68. The summed E-state index contributed by atoms with van der Waals surface area (Å²) in [5.41, 5.74) is 1.32. The summed E-state index contributed by atoms with van der Waals surface area (Å²) < 4.78 is 2.71. The Balaban J connectivity index is 1.72. The molecule has 0 saturated heterocycles. The topological polar surface area (TPSA) is 92.2 Å². The normalized spacial score (nSPS) is 10.9. The van der Waals surface area contributed by atoms with Gasteiger partial charge in [-0.1, -0.05) is 34.6 Å². The van der Waals surface area contributed by atoms with Gasteiger partial charge in [-0.25, -0.2) is 0 Å². The molecule has 0 unspecified atom stereocenters. The molecule has 2 heterocycles. The minimum atomic E-state index is -0.212. The van der Waals surface area contributed by atoms with Crippen LogP contribution in [0.25, 0.3) is 5.78 Å². The molecule has 9 heteroatoms. The molecule has 0 aliphatic rings. The van der Waals surface area contributed by atoms with Crippen LogP contribution in [0.4, 0.5) is 5.69 Å². The highest BCUT2D eigenvalue weighted by Crippen LogP contribution is 2.19. The van der Waals surface area contributed by atoms with Gasteiger partial charge in [0.2, 0.25) is 11.7 Å². The molecule has 0 saturated carbocycles. The zero-order chi connectivity index (χ0) is 17.1. The lowest BCUT2D eigenvalue weighted by Gasteiger charge is -2.06. The number of aromatic amines is 1. The van der Waals surface area contributed by atoms with Gasteiger partial charge in [0.05, 0.1) is 5.75 Å². The van der Waals surface area contributed by atoms with Gasteiger partial charge in [0.25, 0.3) is 5.56 Å². The molecule has 0 aliphatic carbocycles. The van der Waals surface area contributed by atoms with Crippen molar-refractivity contribution in [1.29, 1.82) is 0 Å². The van der Waals surface area contributed by atoms with Crippen molar-refractivity contribution in [3.8, 4) is 0 Å². The lowest BCUT2D eigenvalue weighted by molar-refractivity contribution is -0.113. The highest BCUT2D eigenvalue weighted by molar-refractivity contribution is 9.10. The van der Waals surface area contributed by atoms with E-state index in [-0.39, 0.29) is 17.2 Å². The average Bonchev–Trinajstić information content (AvgIpc) is 2.97. The Hall–Kier alpha value is -2.13. The largest absolute Gasteiger partial charge is 0.325 e. The van der Waals surface area contributed by atoms with Gasteiger partial charge < -0.3 is 5.32 Å². The smallest absolute Gasteiger partial charge is 0.252 e. The van der Waals surface area contributed by atoms with Crippen molar-refractivity contribution in [2.45, 2.75) is 18.5 Å². The molecule has 7 nitrogen and oxygen atoms in total. The molecule has 24 heavy (non-hydrogen) atoms. The van der Waals surface area contributed by atoms with E-state index >= 15 is 0 Å². The maximum atomic E-state index is 12.1. The summed E-state index contributed by atoms with van der Waals surface area (Å²) in [7, 11) is 0. The first-order valence-electron chi connectivity index (χ1n) is 7.22. The number of carbonyl (C=O) groups excluding carboxylic acids is 1. The molecule has 0 bridgehead atoms. The van der Waals surface area contributed by atoms with E-state index in [0.717, 1.165) is 15.9 Å². The third-order valence-electron chi connectivity index (χ3n) is 3.28. The molecule has 3 aromatic rings. The number of nitrogens with zero attached hydrogens (tertiary/aromatic N) is 3. The van der Waals surface area contributed by atoms with E-state index in [2.05, 4.69) is 36.4 Å². The fourth-order valence-electron chi connectivity index (χ4n) is 2.19. The van der Waals surface area contributed by atoms with Gasteiger partial charge in [-0.05, 0) is 30.7 Å². The predicted octanol–water partition coefficient (Wildman–Crippen LogP) is 2.47. The highest BCUT2D eigenvalue weighted by Gasteiger charge is 2.13. The van der Waals surface area contributed by atoms with E-state index in [4.69, 9.17) is 0 Å². The van der Waals surface area contributed by atoms with Gasteiger partial charge in [-0.3, -0.25) is 19.0 Å². The van der Waals surface area contributed by atoms with Gasteiger partial charge in [-0.2, -0.15) is 0 Å². The summed E-state index contributed by atoms with van der Waals surface area (Å²) in [6, 6.07) is 8.87. The Labute approximate surface area is 150 Å². The number of hydrogen-bond donors (Lipinski definition) is 2. The van der Waals surface area contributed by atoms with Gasteiger partial charge in [0.1, 0.15) is 0 Å². The molecule has 124 valence electrons. The van der Waals surface area contributed by atoms with E-state index in [0.29, 0.717) is 17.4 Å². The maximum Gasteiger partial charge on any atom is 0.252 e. The number of amides is 1. The molecule has 3 rings (SSSR count). The second kappa shape index (κ2) is 7.18. The first-order chi connectivity index (χ1) is 11.6. The molecule has 0 aliphatic heterocycles. The fraction of sp³-hybridized carbons (Fsp3) is 0.200. The van der Waals surface area contributed by atoms with Crippen LogP contribution in [-0.2, 0) is 11.2 Å². The van der Waals surface area contributed by atoms with E-state index < -0.39 is 0 Å². The van der Waals surface area contributed by atoms with Crippen LogP contribution in [0, 0.1) is 0 Å². The number of aromatic nitrogens is 4. The van der Waals surface area contributed by atoms with Crippen LogP contribution in [0.5, 0.6) is 0 Å². The lowest BCUT2D eigenvalue weighted by atomic mass is 10.3. The van der Waals surface area contributed by atoms with Crippen LogP contribution in [0.2, 0.25) is 0 Å². The molecule has 2 aromatic heterocycles. The molecule has 2 N–H and O–H groups in total. The molecule has 1 amide bonds. The summed E-state index contributed by atoms with van der Waals surface area (Å²) in [5.74, 6) is 0.441. The summed E-state index contributed by atoms with van der Waals surface area (Å²) in [5, 5.41) is 11.4. The van der Waals surface area contributed by atoms with E-state index in [1.807, 2.05) is 31.2 Å². The van der Waals surface area contributed by atoms with Gasteiger partial charge in [0, 0.05) is 21.9 Å². The van der Waals surface area contributed by atoms with Crippen LogP contribution in [0.1, 0.15) is 12.6 Å². The summed E-state index contributed by atoms with van der Waals surface area (Å²) in [4.78, 5) is 26.3. The molecular formula is C15H14BrN5O2S. The Bertz CT molecular complexity index is 935. The predicted molar refractivity (Wildman–Crippen MR) is 96.5 cm³/mol. The first-order valence-corrected chi connectivity index (χ1v) is 9.00. The Morgan fingerprint density at radius 1 is 1.33 bits per heavy atom. The number of nitrogens with one attached hydrogen (secondary N) is 2. The van der Waals surface area contributed by atoms with Crippen molar-refractivity contribution in [2.24, 2.45) is 0 Å². The number of H-pyrrole nitrogens is 1. The number of rotatable bonds is 5. The van der Waals surface area contributed by atoms with Crippen LogP contribution in [0.15, 0.2) is 44.8 Å². The van der Waals surface area contributed by atoms with E-state index in [9.17, 15) is 9.59 Å². The molecule has 0 spiro atoms. The number of fused-ring (bicyclic) bond motifs is 1. The molecule has 0 atom stereocenters. The fourth-order valence-corrected chi connectivity index (χ4v) is 3.21. The molecule has 0 radical (unpaired) electrons. The Morgan fingerprint density at radius 3 is 2.79 bits per heavy atom. The summed E-state index contributed by atoms with van der Waals surface area (Å²) in [6.07, 6.45) is 0.664. The maximum absolute atomic E-state index is 12.1. The minimum Gasteiger partial charge on any atom is -0.325 e. The number of thioether (sulfide) groups is 1. The van der Waals surface area contributed by atoms with E-state index in [1.165, 1.54) is 17.8 Å². The highest BCUT2D eigenvalue weighted by atomic mass is 79.9. The van der Waals surface area contributed by atoms with Crippen molar-refractivity contribution in [3.05, 3.63) is 50.9 Å². The van der Waals surface area contributed by atoms with Crippen molar-refractivity contribution in [1.82, 2.24) is 19.6 Å². The van der Waals surface area contributed by atoms with Gasteiger partial charge >= 0.3 is 0 Å². The molecule has 0 fully saturated rings. The van der Waals surface area contributed by atoms with Gasteiger partial charge in [0.15, 0.2) is 5.16 Å². The minimum absolute atomic E-state index is 0.137. The zero-order valence-corrected chi connectivity index (χ0v) is 15.1. The number of halogens is 1. The lowest BCUT2D eigenvalue weighted by Crippen LogP contribution is -2.15. The number of benzene rings is 1. The summed E-state index contributed by atoms with van der Waals surface area (Å²) in [6.45, 7) is 1.95. The third-order valence-corrected chi connectivity index (χ3v) is 4.73. The second-order valence-corrected chi connectivity index (χ2v) is 6.82. The monoisotopic (exact) mass is 407 g/mol. The van der Waals surface area contributed by atoms with Crippen LogP contribution in [-0.4, -0.2) is 31.2 Å². The number of aryl methyl sites for hydroxylation is 1. The quantitative estimate of drug-likeness (QED) is 0.633. The number of carbonyl (C=O) groups is 1. The summed E-state index contributed by atoms with van der Waals surface area (Å²) >= 11 is 4.62. The Morgan fingerprint density at radius 2 is 2.08 bits per heavy atom. The first kappa shape index (κ1) is 16.7. The zero-order valence-electron chi connectivity index (χ0n) is 12.7. The van der Waals surface area contributed by atoms with Crippen LogP contribution < -0.4 is 10.9 Å². The van der Waals surface area contributed by atoms with E-state index in [1.54, 1.807) is 4.40 Å².